The number of hydrogen-bond donors (Lipinski definition) is 2. The van der Waals surface area contributed by atoms with E-state index in [9.17, 15) is 17.6 Å². The summed E-state index contributed by atoms with van der Waals surface area (Å²) < 4.78 is 51.7. The monoisotopic (exact) mass is 438 g/mol. The van der Waals surface area contributed by atoms with Crippen LogP contribution < -0.4 is 10.6 Å². The van der Waals surface area contributed by atoms with Crippen molar-refractivity contribution in [3.8, 4) is 0 Å². The van der Waals surface area contributed by atoms with Crippen molar-refractivity contribution in [2.75, 3.05) is 6.54 Å². The second-order valence-electron chi connectivity index (χ2n) is 4.91. The molecule has 0 radical (unpaired) electrons. The maximum absolute atomic E-state index is 13.3. The van der Waals surface area contributed by atoms with Crippen molar-refractivity contribution in [3.05, 3.63) is 50.1 Å². The maximum Gasteiger partial charge on any atom is 0.434 e. The number of nitrogens with one attached hydrogen (secondary N) is 2. The fourth-order valence-corrected chi connectivity index (χ4v) is 2.96. The van der Waals surface area contributed by atoms with Gasteiger partial charge in [-0.15, -0.1) is 11.3 Å². The number of aliphatic imine (C=N–C) groups is 1. The minimum atomic E-state index is -4.45. The molecule has 0 aliphatic heterocycles. The first-order valence-electron chi connectivity index (χ1n) is 7.27. The molecule has 136 valence electrons. The standard InChI is InChI=1S/C15H15BrF4N4S/c1-2-21-14(22-6-9-5-10(17)3-4-11(9)16)23-7-13-24-12(8-25-13)15(18,19)20/h3-5,8H,2,6-7H2,1H3,(H2,21,22,23). The minimum Gasteiger partial charge on any atom is -0.357 e. The summed E-state index contributed by atoms with van der Waals surface area (Å²) >= 11 is 4.25. The topological polar surface area (TPSA) is 49.3 Å². The lowest BCUT2D eigenvalue weighted by molar-refractivity contribution is -0.140. The van der Waals surface area contributed by atoms with Gasteiger partial charge >= 0.3 is 6.18 Å². The number of thiazole rings is 1. The van der Waals surface area contributed by atoms with Gasteiger partial charge in [-0.1, -0.05) is 15.9 Å². The molecule has 2 rings (SSSR count). The van der Waals surface area contributed by atoms with E-state index in [1.54, 1.807) is 6.07 Å². The third-order valence-corrected chi connectivity index (χ3v) is 4.63. The van der Waals surface area contributed by atoms with Gasteiger partial charge in [-0.2, -0.15) is 13.2 Å². The quantitative estimate of drug-likeness (QED) is 0.415. The predicted molar refractivity (Wildman–Crippen MR) is 92.9 cm³/mol. The van der Waals surface area contributed by atoms with Crippen LogP contribution in [0.3, 0.4) is 0 Å². The van der Waals surface area contributed by atoms with Crippen molar-refractivity contribution in [3.63, 3.8) is 0 Å². The van der Waals surface area contributed by atoms with E-state index in [2.05, 4.69) is 36.5 Å². The summed E-state index contributed by atoms with van der Waals surface area (Å²) in [5.74, 6) is 0.0382. The summed E-state index contributed by atoms with van der Waals surface area (Å²) in [6.07, 6.45) is -4.45. The molecule has 1 aromatic carbocycles. The van der Waals surface area contributed by atoms with Crippen LogP contribution in [0.2, 0.25) is 0 Å². The Morgan fingerprint density at radius 3 is 2.72 bits per heavy atom. The van der Waals surface area contributed by atoms with Gasteiger partial charge in [-0.25, -0.2) is 14.4 Å². The van der Waals surface area contributed by atoms with Crippen molar-refractivity contribution in [1.82, 2.24) is 15.6 Å². The van der Waals surface area contributed by atoms with E-state index in [-0.39, 0.29) is 18.9 Å². The Labute approximate surface area is 154 Å². The summed E-state index contributed by atoms with van der Waals surface area (Å²) in [6, 6.07) is 4.30. The highest BCUT2D eigenvalue weighted by Gasteiger charge is 2.33. The first-order chi connectivity index (χ1) is 11.8. The number of hydrogen-bond acceptors (Lipinski definition) is 3. The Balaban J connectivity index is 2.02. The molecule has 2 aromatic rings. The van der Waals surface area contributed by atoms with E-state index >= 15 is 0 Å². The van der Waals surface area contributed by atoms with Crippen molar-refractivity contribution in [1.29, 1.82) is 0 Å². The van der Waals surface area contributed by atoms with E-state index in [1.165, 1.54) is 12.1 Å². The Bertz CT molecular complexity index is 745. The lowest BCUT2D eigenvalue weighted by Crippen LogP contribution is -2.36. The molecule has 25 heavy (non-hydrogen) atoms. The number of aromatic nitrogens is 1. The van der Waals surface area contributed by atoms with Crippen LogP contribution in [0.15, 0.2) is 33.0 Å². The van der Waals surface area contributed by atoms with Gasteiger partial charge in [-0.05, 0) is 30.7 Å². The lowest BCUT2D eigenvalue weighted by atomic mass is 10.2. The van der Waals surface area contributed by atoms with Gasteiger partial charge in [0.2, 0.25) is 0 Å². The van der Waals surface area contributed by atoms with E-state index in [0.717, 1.165) is 21.2 Å². The Kier molecular flexibility index (Phi) is 6.77. The minimum absolute atomic E-state index is 0.108. The summed E-state index contributed by atoms with van der Waals surface area (Å²) in [5, 5.41) is 7.17. The van der Waals surface area contributed by atoms with E-state index in [0.29, 0.717) is 23.1 Å². The molecule has 0 bridgehead atoms. The molecule has 0 saturated carbocycles. The summed E-state index contributed by atoms with van der Waals surface area (Å²) in [7, 11) is 0. The highest BCUT2D eigenvalue weighted by molar-refractivity contribution is 9.10. The highest BCUT2D eigenvalue weighted by Crippen LogP contribution is 2.29. The molecule has 0 fully saturated rings. The lowest BCUT2D eigenvalue weighted by Gasteiger charge is -2.10. The third kappa shape index (κ3) is 5.96. The molecule has 0 aliphatic carbocycles. The molecule has 1 heterocycles. The molecule has 0 saturated heterocycles. The molecular weight excluding hydrogens is 424 g/mol. The predicted octanol–water partition coefficient (Wildman–Crippen LogP) is 4.32. The molecule has 0 atom stereocenters. The molecule has 0 aliphatic rings. The van der Waals surface area contributed by atoms with Gasteiger partial charge in [0.25, 0.3) is 0 Å². The van der Waals surface area contributed by atoms with Gasteiger partial charge in [-0.3, -0.25) is 0 Å². The summed E-state index contributed by atoms with van der Waals surface area (Å²) in [6.45, 7) is 2.75. The van der Waals surface area contributed by atoms with Crippen LogP contribution >= 0.6 is 27.3 Å². The number of rotatable bonds is 5. The second kappa shape index (κ2) is 8.61. The van der Waals surface area contributed by atoms with Crippen molar-refractivity contribution < 1.29 is 17.6 Å². The molecule has 0 spiro atoms. The molecule has 0 amide bonds. The smallest absolute Gasteiger partial charge is 0.357 e. The summed E-state index contributed by atoms with van der Waals surface area (Å²) in [5.41, 5.74) is -0.245. The number of halogens is 5. The van der Waals surface area contributed by atoms with Crippen molar-refractivity contribution in [2.45, 2.75) is 26.2 Å². The van der Waals surface area contributed by atoms with Crippen LogP contribution in [0.4, 0.5) is 17.6 Å². The Hall–Kier alpha value is -1.68. The zero-order chi connectivity index (χ0) is 18.4. The fourth-order valence-electron chi connectivity index (χ4n) is 1.85. The average molecular weight is 439 g/mol. The number of nitrogens with zero attached hydrogens (tertiary/aromatic N) is 2. The zero-order valence-corrected chi connectivity index (χ0v) is 15.5. The SMILES string of the molecule is CCNC(=NCc1cc(F)ccc1Br)NCc1nc(C(F)(F)F)cs1. The van der Waals surface area contributed by atoms with E-state index in [4.69, 9.17) is 0 Å². The Morgan fingerprint density at radius 1 is 1.32 bits per heavy atom. The first kappa shape index (κ1) is 19.6. The van der Waals surface area contributed by atoms with Crippen molar-refractivity contribution >= 4 is 33.2 Å². The average Bonchev–Trinajstić information content (AvgIpc) is 3.02. The van der Waals surface area contributed by atoms with Gasteiger partial charge in [0.05, 0.1) is 13.1 Å². The van der Waals surface area contributed by atoms with Crippen LogP contribution in [0, 0.1) is 5.82 Å². The largest absolute Gasteiger partial charge is 0.434 e. The van der Waals surface area contributed by atoms with Crippen LogP contribution in [-0.2, 0) is 19.3 Å². The molecule has 4 nitrogen and oxygen atoms in total. The van der Waals surface area contributed by atoms with Gasteiger partial charge in [0.15, 0.2) is 11.7 Å². The molecule has 2 N–H and O–H groups in total. The van der Waals surface area contributed by atoms with E-state index in [1.807, 2.05) is 6.92 Å². The normalized spacial score (nSPS) is 12.3. The summed E-state index contributed by atoms with van der Waals surface area (Å²) in [4.78, 5) is 7.86. The van der Waals surface area contributed by atoms with Gasteiger partial charge in [0.1, 0.15) is 10.8 Å². The van der Waals surface area contributed by atoms with Crippen LogP contribution in [0.25, 0.3) is 0 Å². The van der Waals surface area contributed by atoms with Gasteiger partial charge < -0.3 is 10.6 Å². The van der Waals surface area contributed by atoms with Gasteiger partial charge in [0, 0.05) is 16.4 Å². The molecule has 10 heteroatoms. The fraction of sp³-hybridized carbons (Fsp3) is 0.333. The maximum atomic E-state index is 13.3. The van der Waals surface area contributed by atoms with Crippen LogP contribution in [0.1, 0.15) is 23.2 Å². The van der Waals surface area contributed by atoms with Crippen LogP contribution in [-0.4, -0.2) is 17.5 Å². The molecule has 0 unspecified atom stereocenters. The van der Waals surface area contributed by atoms with E-state index < -0.39 is 11.9 Å². The Morgan fingerprint density at radius 2 is 2.08 bits per heavy atom. The number of guanidine groups is 1. The molecule has 1 aromatic heterocycles. The van der Waals surface area contributed by atoms with Crippen molar-refractivity contribution in [2.24, 2.45) is 4.99 Å². The number of benzene rings is 1. The third-order valence-electron chi connectivity index (χ3n) is 3.01. The first-order valence-corrected chi connectivity index (χ1v) is 8.94. The molecular formula is C15H15BrF4N4S. The second-order valence-corrected chi connectivity index (χ2v) is 6.71. The zero-order valence-electron chi connectivity index (χ0n) is 13.1. The highest BCUT2D eigenvalue weighted by atomic mass is 79.9. The number of alkyl halides is 3. The van der Waals surface area contributed by atoms with Crippen LogP contribution in [0.5, 0.6) is 0 Å².